The lowest BCUT2D eigenvalue weighted by atomic mass is 10.0. The first-order chi connectivity index (χ1) is 15.4. The fraction of sp³-hybridized carbons (Fsp3) is 0.273. The van der Waals surface area contributed by atoms with Crippen LogP contribution in [0.1, 0.15) is 39.7 Å². The molecule has 0 fully saturated rings. The quantitative estimate of drug-likeness (QED) is 0.202. The number of benzene rings is 2. The minimum Gasteiger partial charge on any atom is -0.461 e. The van der Waals surface area contributed by atoms with Crippen LogP contribution in [0.15, 0.2) is 42.5 Å². The van der Waals surface area contributed by atoms with Gasteiger partial charge in [0.05, 0.1) is 17.7 Å². The first kappa shape index (κ1) is 24.0. The molecule has 1 aromatic heterocycles. The molecule has 174 valence electrons. The van der Waals surface area contributed by atoms with E-state index in [1.165, 1.54) is 0 Å². The minimum absolute atomic E-state index is 0.0319. The van der Waals surface area contributed by atoms with Gasteiger partial charge in [-0.3, -0.25) is 0 Å². The van der Waals surface area contributed by atoms with Crippen molar-refractivity contribution in [3.8, 4) is 0 Å². The third-order valence-corrected chi connectivity index (χ3v) is 4.79. The van der Waals surface area contributed by atoms with Gasteiger partial charge >= 0.3 is 18.3 Å². The molecule has 0 bridgehead atoms. The van der Waals surface area contributed by atoms with Gasteiger partial charge in [-0.05, 0) is 36.8 Å². The number of nitrogens with one attached hydrogen (secondary N) is 1. The highest BCUT2D eigenvalue weighted by Crippen LogP contribution is 2.37. The molecule has 0 spiro atoms. The summed E-state index contributed by atoms with van der Waals surface area (Å²) in [5.74, 6) is -0.688. The van der Waals surface area contributed by atoms with Crippen LogP contribution in [0.4, 0.5) is 26.3 Å². The number of esters is 1. The summed E-state index contributed by atoms with van der Waals surface area (Å²) < 4.78 is 83.9. The first-order valence-electron chi connectivity index (χ1n) is 9.61. The van der Waals surface area contributed by atoms with Crippen molar-refractivity contribution in [1.29, 1.82) is 0 Å². The van der Waals surface area contributed by atoms with Crippen molar-refractivity contribution in [2.24, 2.45) is 0 Å². The van der Waals surface area contributed by atoms with E-state index >= 15 is 0 Å². The van der Waals surface area contributed by atoms with Crippen LogP contribution in [0.2, 0.25) is 0 Å². The summed E-state index contributed by atoms with van der Waals surface area (Å²) >= 11 is 0. The molecule has 1 heterocycles. The number of carbonyl (C=O) groups is 1. The van der Waals surface area contributed by atoms with Crippen LogP contribution in [0.3, 0.4) is 0 Å². The number of ether oxygens (including phenoxy) is 1. The zero-order valence-electron chi connectivity index (χ0n) is 17.1. The number of aromatic nitrogens is 1. The molecule has 1 N–H and O–H groups in total. The van der Waals surface area contributed by atoms with E-state index in [2.05, 4.69) is 9.94 Å². The Balaban J connectivity index is 2.00. The number of nitrogens with zero attached hydrogens (tertiary/aromatic N) is 2. The topological polar surface area (TPSA) is 49.7 Å². The van der Waals surface area contributed by atoms with Gasteiger partial charge in [0, 0.05) is 16.5 Å². The standard InChI is InChI=1S/C22H17F6N3O2/c1-3-33-20(32)19-17(16-6-4-5-7-18(16)30-19)12-31(29-2)11-13-8-14(21(23,24)25)10-15(9-13)22(26,27)28/h4-10,30H,3,11-12H2,1H3. The van der Waals surface area contributed by atoms with E-state index in [1.807, 2.05) is 0 Å². The molecule has 0 amide bonds. The fourth-order valence-corrected chi connectivity index (χ4v) is 3.37. The second kappa shape index (κ2) is 9.05. The van der Waals surface area contributed by atoms with Crippen molar-refractivity contribution in [3.63, 3.8) is 0 Å². The Bertz CT molecular complexity index is 1180. The summed E-state index contributed by atoms with van der Waals surface area (Å²) in [5, 5.41) is 1.53. The molecule has 0 saturated carbocycles. The van der Waals surface area contributed by atoms with Gasteiger partial charge in [0.1, 0.15) is 18.8 Å². The van der Waals surface area contributed by atoms with Crippen LogP contribution in [0.5, 0.6) is 0 Å². The molecular weight excluding hydrogens is 452 g/mol. The average molecular weight is 469 g/mol. The number of fused-ring (bicyclic) bond motifs is 1. The summed E-state index contributed by atoms with van der Waals surface area (Å²) in [5.41, 5.74) is -2.28. The van der Waals surface area contributed by atoms with Crippen LogP contribution in [0, 0.1) is 6.57 Å². The van der Waals surface area contributed by atoms with Gasteiger partial charge in [0.2, 0.25) is 0 Å². The van der Waals surface area contributed by atoms with E-state index in [1.54, 1.807) is 31.2 Å². The van der Waals surface area contributed by atoms with Crippen molar-refractivity contribution in [1.82, 2.24) is 9.99 Å². The molecule has 0 aliphatic carbocycles. The number of alkyl halides is 6. The maximum atomic E-state index is 13.2. The number of H-pyrrole nitrogens is 1. The van der Waals surface area contributed by atoms with Gasteiger partial charge in [-0.15, -0.1) is 5.01 Å². The molecule has 33 heavy (non-hydrogen) atoms. The number of rotatable bonds is 6. The van der Waals surface area contributed by atoms with E-state index in [-0.39, 0.29) is 30.5 Å². The Morgan fingerprint density at radius 3 is 2.18 bits per heavy atom. The van der Waals surface area contributed by atoms with E-state index in [4.69, 9.17) is 11.3 Å². The van der Waals surface area contributed by atoms with Crippen LogP contribution < -0.4 is 0 Å². The molecule has 0 unspecified atom stereocenters. The van der Waals surface area contributed by atoms with E-state index < -0.39 is 36.0 Å². The van der Waals surface area contributed by atoms with Crippen LogP contribution in [0.25, 0.3) is 15.9 Å². The molecule has 3 aromatic rings. The lowest BCUT2D eigenvalue weighted by molar-refractivity contribution is -0.143. The van der Waals surface area contributed by atoms with Crippen molar-refractivity contribution in [3.05, 3.63) is 81.9 Å². The molecule has 3 rings (SSSR count). The van der Waals surface area contributed by atoms with Crippen molar-refractivity contribution < 1.29 is 35.9 Å². The largest absolute Gasteiger partial charge is 0.461 e. The number of hydrogen-bond acceptors (Lipinski definition) is 3. The summed E-state index contributed by atoms with van der Waals surface area (Å²) in [6.07, 6.45) is -9.99. The smallest absolute Gasteiger partial charge is 0.416 e. The molecule has 2 aromatic carbocycles. The molecule has 5 nitrogen and oxygen atoms in total. The number of halogens is 6. The van der Waals surface area contributed by atoms with E-state index in [0.717, 1.165) is 5.01 Å². The van der Waals surface area contributed by atoms with Gasteiger partial charge in [-0.2, -0.15) is 37.9 Å². The molecular formula is C22H17F6N3O2. The first-order valence-corrected chi connectivity index (χ1v) is 9.61. The summed E-state index contributed by atoms with van der Waals surface area (Å²) in [6, 6.07) is 7.96. The van der Waals surface area contributed by atoms with Gasteiger partial charge in [0.25, 0.3) is 0 Å². The lowest BCUT2D eigenvalue weighted by Crippen LogP contribution is -2.19. The predicted molar refractivity (Wildman–Crippen MR) is 107 cm³/mol. The highest BCUT2D eigenvalue weighted by molar-refractivity contribution is 5.98. The van der Waals surface area contributed by atoms with Gasteiger partial charge in [-0.25, -0.2) is 4.79 Å². The fourth-order valence-electron chi connectivity index (χ4n) is 3.37. The van der Waals surface area contributed by atoms with Crippen LogP contribution in [-0.4, -0.2) is 22.6 Å². The molecule has 0 aliphatic heterocycles. The average Bonchev–Trinajstić information content (AvgIpc) is 3.10. The Kier molecular flexibility index (Phi) is 6.58. The van der Waals surface area contributed by atoms with Crippen LogP contribution >= 0.6 is 0 Å². The highest BCUT2D eigenvalue weighted by Gasteiger charge is 2.37. The van der Waals surface area contributed by atoms with E-state index in [0.29, 0.717) is 28.6 Å². The third kappa shape index (κ3) is 5.39. The number of aromatic amines is 1. The number of para-hydroxylation sites is 1. The number of hydrogen-bond donors (Lipinski definition) is 1. The van der Waals surface area contributed by atoms with Crippen molar-refractivity contribution in [2.75, 3.05) is 6.61 Å². The monoisotopic (exact) mass is 469 g/mol. The zero-order chi connectivity index (χ0) is 24.4. The van der Waals surface area contributed by atoms with E-state index in [9.17, 15) is 31.1 Å². The Morgan fingerprint density at radius 2 is 1.64 bits per heavy atom. The Morgan fingerprint density at radius 1 is 1.03 bits per heavy atom. The third-order valence-electron chi connectivity index (χ3n) is 4.79. The maximum Gasteiger partial charge on any atom is 0.416 e. The summed E-state index contributed by atoms with van der Waals surface area (Å²) in [4.78, 5) is 18.5. The Labute approximate surface area is 184 Å². The lowest BCUT2D eigenvalue weighted by Gasteiger charge is -2.16. The van der Waals surface area contributed by atoms with Crippen LogP contribution in [-0.2, 0) is 30.2 Å². The normalized spacial score (nSPS) is 11.9. The van der Waals surface area contributed by atoms with Crippen molar-refractivity contribution in [2.45, 2.75) is 32.4 Å². The molecule has 11 heteroatoms. The number of carbonyl (C=O) groups excluding carboxylic acids is 1. The van der Waals surface area contributed by atoms with Gasteiger partial charge in [-0.1, -0.05) is 18.2 Å². The predicted octanol–water partition coefficient (Wildman–Crippen LogP) is 6.22. The minimum atomic E-state index is -4.99. The highest BCUT2D eigenvalue weighted by atomic mass is 19.4. The molecule has 0 atom stereocenters. The Hall–Kier alpha value is -3.68. The molecule has 0 saturated heterocycles. The molecule has 0 aliphatic rings. The summed E-state index contributed by atoms with van der Waals surface area (Å²) in [7, 11) is 0. The second-order valence-electron chi connectivity index (χ2n) is 7.08. The second-order valence-corrected chi connectivity index (χ2v) is 7.08. The zero-order valence-corrected chi connectivity index (χ0v) is 17.1. The molecule has 0 radical (unpaired) electrons. The SMILES string of the molecule is [C-]#[N+]N(Cc1cc(C(F)(F)F)cc(C(F)(F)F)c1)Cc1c(C(=O)OCC)[nH]c2ccccc12. The summed E-state index contributed by atoms with van der Waals surface area (Å²) in [6.45, 7) is 8.34. The van der Waals surface area contributed by atoms with Gasteiger partial charge < -0.3 is 9.72 Å². The van der Waals surface area contributed by atoms with Gasteiger partial charge in [0.15, 0.2) is 0 Å². The van der Waals surface area contributed by atoms with Crippen molar-refractivity contribution >= 4 is 16.9 Å². The maximum absolute atomic E-state index is 13.2.